The summed E-state index contributed by atoms with van der Waals surface area (Å²) in [4.78, 5) is 13.8. The lowest BCUT2D eigenvalue weighted by atomic mass is 10.0. The van der Waals surface area contributed by atoms with E-state index in [1.807, 2.05) is 4.90 Å². The molecule has 0 spiro atoms. The molecule has 1 amide bonds. The Morgan fingerprint density at radius 3 is 2.67 bits per heavy atom. The second-order valence-corrected chi connectivity index (χ2v) is 4.67. The van der Waals surface area contributed by atoms with Crippen LogP contribution in [0.2, 0.25) is 0 Å². The van der Waals surface area contributed by atoms with Gasteiger partial charge in [0.1, 0.15) is 0 Å². The first-order chi connectivity index (χ1) is 7.31. The number of carbonyl (C=O) groups is 1. The van der Waals surface area contributed by atoms with Gasteiger partial charge in [-0.1, -0.05) is 12.5 Å². The van der Waals surface area contributed by atoms with Crippen LogP contribution in [-0.2, 0) is 4.79 Å². The van der Waals surface area contributed by atoms with E-state index >= 15 is 0 Å². The van der Waals surface area contributed by atoms with E-state index in [1.165, 1.54) is 19.3 Å². The molecule has 1 heterocycles. The van der Waals surface area contributed by atoms with Crippen molar-refractivity contribution in [1.82, 2.24) is 10.2 Å². The molecule has 0 bridgehead atoms. The van der Waals surface area contributed by atoms with Gasteiger partial charge in [0, 0.05) is 19.6 Å². The summed E-state index contributed by atoms with van der Waals surface area (Å²) in [7, 11) is 0. The Kier molecular flexibility index (Phi) is 3.41. The van der Waals surface area contributed by atoms with Gasteiger partial charge in [-0.2, -0.15) is 0 Å². The zero-order chi connectivity index (χ0) is 10.7. The Hall–Kier alpha value is -0.830. The predicted octanol–water partition coefficient (Wildman–Crippen LogP) is 1.02. The number of rotatable bonds is 4. The number of amides is 1. The molecule has 1 aliphatic heterocycles. The molecule has 15 heavy (non-hydrogen) atoms. The summed E-state index contributed by atoms with van der Waals surface area (Å²) in [5, 5.41) is 3.07. The van der Waals surface area contributed by atoms with Crippen LogP contribution in [0.1, 0.15) is 19.3 Å². The van der Waals surface area contributed by atoms with Crippen LogP contribution in [0.5, 0.6) is 0 Å². The minimum atomic E-state index is 0.256. The van der Waals surface area contributed by atoms with Crippen LogP contribution < -0.4 is 5.32 Å². The highest BCUT2D eigenvalue weighted by Crippen LogP contribution is 2.37. The van der Waals surface area contributed by atoms with Gasteiger partial charge in [-0.05, 0) is 24.7 Å². The number of nitrogens with zero attached hydrogens (tertiary/aromatic N) is 1. The average Bonchev–Trinajstić information content (AvgIpc) is 2.76. The molecule has 3 heteroatoms. The lowest BCUT2D eigenvalue weighted by molar-refractivity contribution is -0.129. The third-order valence-corrected chi connectivity index (χ3v) is 3.64. The van der Waals surface area contributed by atoms with E-state index in [2.05, 4.69) is 11.9 Å². The van der Waals surface area contributed by atoms with Crippen LogP contribution in [-0.4, -0.2) is 37.0 Å². The SMILES string of the molecule is C=CCNCC(=O)N1CC2CCCC2C1. The smallest absolute Gasteiger partial charge is 0.236 e. The minimum absolute atomic E-state index is 0.256. The van der Waals surface area contributed by atoms with E-state index < -0.39 is 0 Å². The summed E-state index contributed by atoms with van der Waals surface area (Å²) in [5.41, 5.74) is 0. The summed E-state index contributed by atoms with van der Waals surface area (Å²) < 4.78 is 0. The van der Waals surface area contributed by atoms with Crippen molar-refractivity contribution in [3.63, 3.8) is 0 Å². The molecule has 1 aliphatic carbocycles. The third kappa shape index (κ3) is 2.40. The Bertz CT molecular complexity index is 240. The van der Waals surface area contributed by atoms with E-state index in [1.54, 1.807) is 6.08 Å². The first-order valence-electron chi connectivity index (χ1n) is 5.90. The van der Waals surface area contributed by atoms with Crippen LogP contribution >= 0.6 is 0 Å². The fourth-order valence-corrected chi connectivity index (χ4v) is 2.83. The van der Waals surface area contributed by atoms with Gasteiger partial charge in [-0.3, -0.25) is 4.79 Å². The summed E-state index contributed by atoms with van der Waals surface area (Å²) in [6, 6.07) is 0. The van der Waals surface area contributed by atoms with Crippen LogP contribution in [0, 0.1) is 11.8 Å². The van der Waals surface area contributed by atoms with Crippen LogP contribution in [0.3, 0.4) is 0 Å². The predicted molar refractivity (Wildman–Crippen MR) is 60.5 cm³/mol. The largest absolute Gasteiger partial charge is 0.341 e. The van der Waals surface area contributed by atoms with Gasteiger partial charge in [-0.25, -0.2) is 0 Å². The fraction of sp³-hybridized carbons (Fsp3) is 0.750. The maximum Gasteiger partial charge on any atom is 0.236 e. The van der Waals surface area contributed by atoms with Crippen molar-refractivity contribution in [2.24, 2.45) is 11.8 Å². The molecule has 1 saturated heterocycles. The molecule has 84 valence electrons. The molecule has 1 saturated carbocycles. The molecule has 0 aromatic carbocycles. The van der Waals surface area contributed by atoms with E-state index in [-0.39, 0.29) is 5.91 Å². The number of fused-ring (bicyclic) bond motifs is 1. The molecular weight excluding hydrogens is 188 g/mol. The monoisotopic (exact) mass is 208 g/mol. The topological polar surface area (TPSA) is 32.3 Å². The van der Waals surface area contributed by atoms with Crippen molar-refractivity contribution in [1.29, 1.82) is 0 Å². The van der Waals surface area contributed by atoms with Crippen molar-refractivity contribution in [3.05, 3.63) is 12.7 Å². The van der Waals surface area contributed by atoms with E-state index in [0.29, 0.717) is 13.1 Å². The van der Waals surface area contributed by atoms with E-state index in [9.17, 15) is 4.79 Å². The maximum atomic E-state index is 11.8. The van der Waals surface area contributed by atoms with Gasteiger partial charge < -0.3 is 10.2 Å². The number of hydrogen-bond acceptors (Lipinski definition) is 2. The normalized spacial score (nSPS) is 29.2. The van der Waals surface area contributed by atoms with Gasteiger partial charge >= 0.3 is 0 Å². The van der Waals surface area contributed by atoms with Crippen LogP contribution in [0.25, 0.3) is 0 Å². The number of carbonyl (C=O) groups excluding carboxylic acids is 1. The van der Waals surface area contributed by atoms with Crippen LogP contribution in [0.4, 0.5) is 0 Å². The standard InChI is InChI=1S/C12H20N2O/c1-2-6-13-7-12(15)14-8-10-4-3-5-11(10)9-14/h2,10-11,13H,1,3-9H2. The molecule has 1 N–H and O–H groups in total. The summed E-state index contributed by atoms with van der Waals surface area (Å²) >= 11 is 0. The van der Waals surface area contributed by atoms with Gasteiger partial charge in [0.25, 0.3) is 0 Å². The van der Waals surface area contributed by atoms with Crippen molar-refractivity contribution in [2.45, 2.75) is 19.3 Å². The average molecular weight is 208 g/mol. The van der Waals surface area contributed by atoms with E-state index in [0.717, 1.165) is 24.9 Å². The van der Waals surface area contributed by atoms with Crippen molar-refractivity contribution in [3.8, 4) is 0 Å². The minimum Gasteiger partial charge on any atom is -0.341 e. The first-order valence-corrected chi connectivity index (χ1v) is 5.90. The Labute approximate surface area is 91.5 Å². The van der Waals surface area contributed by atoms with Crippen molar-refractivity contribution < 1.29 is 4.79 Å². The molecule has 0 aromatic rings. The lowest BCUT2D eigenvalue weighted by Crippen LogP contribution is -2.37. The van der Waals surface area contributed by atoms with Gasteiger partial charge in [0.05, 0.1) is 6.54 Å². The van der Waals surface area contributed by atoms with Crippen LogP contribution in [0.15, 0.2) is 12.7 Å². The first kappa shape index (κ1) is 10.7. The zero-order valence-corrected chi connectivity index (χ0v) is 9.24. The molecule has 3 nitrogen and oxygen atoms in total. The van der Waals surface area contributed by atoms with Crippen molar-refractivity contribution in [2.75, 3.05) is 26.2 Å². The van der Waals surface area contributed by atoms with Gasteiger partial charge in [-0.15, -0.1) is 6.58 Å². The number of hydrogen-bond donors (Lipinski definition) is 1. The maximum absolute atomic E-state index is 11.8. The second kappa shape index (κ2) is 4.79. The van der Waals surface area contributed by atoms with Gasteiger partial charge in [0.2, 0.25) is 5.91 Å². The quantitative estimate of drug-likeness (QED) is 0.552. The zero-order valence-electron chi connectivity index (χ0n) is 9.24. The summed E-state index contributed by atoms with van der Waals surface area (Å²) in [6.07, 6.45) is 5.81. The molecule has 0 radical (unpaired) electrons. The summed E-state index contributed by atoms with van der Waals surface area (Å²) in [5.74, 6) is 1.85. The highest BCUT2D eigenvalue weighted by atomic mass is 16.2. The van der Waals surface area contributed by atoms with Crippen molar-refractivity contribution >= 4 is 5.91 Å². The lowest BCUT2D eigenvalue weighted by Gasteiger charge is -2.17. The Morgan fingerprint density at radius 2 is 2.07 bits per heavy atom. The highest BCUT2D eigenvalue weighted by Gasteiger charge is 2.37. The molecule has 2 atom stereocenters. The molecule has 2 unspecified atom stereocenters. The van der Waals surface area contributed by atoms with E-state index in [4.69, 9.17) is 0 Å². The molecule has 2 aliphatic rings. The fourth-order valence-electron chi connectivity index (χ4n) is 2.83. The number of likely N-dealkylation sites (tertiary alicyclic amines) is 1. The molecule has 2 fully saturated rings. The third-order valence-electron chi connectivity index (χ3n) is 3.64. The number of nitrogens with one attached hydrogen (secondary N) is 1. The molecule has 0 aromatic heterocycles. The highest BCUT2D eigenvalue weighted by molar-refractivity contribution is 5.78. The molecule has 2 rings (SSSR count). The molecular formula is C12H20N2O. The van der Waals surface area contributed by atoms with Gasteiger partial charge in [0.15, 0.2) is 0 Å². The summed E-state index contributed by atoms with van der Waals surface area (Å²) in [6.45, 7) is 6.79. The Balaban J connectivity index is 1.75. The Morgan fingerprint density at radius 1 is 1.40 bits per heavy atom. The second-order valence-electron chi connectivity index (χ2n) is 4.67.